The van der Waals surface area contributed by atoms with E-state index in [1.807, 2.05) is 22.6 Å². The molecular formula is C12H13IN2O4. The first kappa shape index (κ1) is 14.1. The third-order valence-electron chi connectivity index (χ3n) is 2.73. The molecule has 1 aliphatic rings. The van der Waals surface area contributed by atoms with Crippen LogP contribution in [0.25, 0.3) is 0 Å². The van der Waals surface area contributed by atoms with Gasteiger partial charge in [0.25, 0.3) is 0 Å². The molecule has 0 bridgehead atoms. The molecular weight excluding hydrogens is 363 g/mol. The van der Waals surface area contributed by atoms with E-state index in [2.05, 4.69) is 10.6 Å². The minimum absolute atomic E-state index is 0.0165. The third kappa shape index (κ3) is 3.80. The molecule has 1 atom stereocenters. The number of hydrogen-bond donors (Lipinski definition) is 3. The summed E-state index contributed by atoms with van der Waals surface area (Å²) in [5.74, 6) is -1.07. The summed E-state index contributed by atoms with van der Waals surface area (Å²) >= 11 is 2.02. The van der Waals surface area contributed by atoms with E-state index < -0.39 is 12.0 Å². The van der Waals surface area contributed by atoms with Crippen LogP contribution in [0.3, 0.4) is 0 Å². The molecule has 6 nitrogen and oxygen atoms in total. The average Bonchev–Trinajstić information content (AvgIpc) is 2.83. The number of carboxylic acid groups (broad SMARTS) is 1. The lowest BCUT2D eigenvalue weighted by Gasteiger charge is -2.13. The highest BCUT2D eigenvalue weighted by molar-refractivity contribution is 14.1. The number of amides is 2. The van der Waals surface area contributed by atoms with Crippen LogP contribution in [-0.4, -0.2) is 36.4 Å². The smallest absolute Gasteiger partial charge is 0.337 e. The fourth-order valence-electron chi connectivity index (χ4n) is 1.79. The van der Waals surface area contributed by atoms with Crippen molar-refractivity contribution < 1.29 is 19.4 Å². The fourth-order valence-corrected chi connectivity index (χ4v) is 2.29. The van der Waals surface area contributed by atoms with Crippen molar-refractivity contribution in [2.45, 2.75) is 12.5 Å². The van der Waals surface area contributed by atoms with Crippen molar-refractivity contribution in [2.24, 2.45) is 0 Å². The zero-order valence-corrected chi connectivity index (χ0v) is 12.1. The predicted octanol–water partition coefficient (Wildman–Crippen LogP) is 1.90. The van der Waals surface area contributed by atoms with Crippen molar-refractivity contribution in [3.63, 3.8) is 0 Å². The van der Waals surface area contributed by atoms with Gasteiger partial charge in [-0.05, 0) is 47.2 Å². The Hall–Kier alpha value is -1.35. The van der Waals surface area contributed by atoms with Crippen LogP contribution in [0.4, 0.5) is 10.5 Å². The summed E-state index contributed by atoms with van der Waals surface area (Å²) in [6.07, 6.45) is 0.770. The number of ether oxygens (including phenoxy) is 1. The van der Waals surface area contributed by atoms with Gasteiger partial charge in [-0.25, -0.2) is 9.59 Å². The van der Waals surface area contributed by atoms with Gasteiger partial charge in [-0.15, -0.1) is 0 Å². The van der Waals surface area contributed by atoms with E-state index in [4.69, 9.17) is 9.84 Å². The van der Waals surface area contributed by atoms with E-state index in [1.165, 1.54) is 6.07 Å². The molecule has 2 rings (SSSR count). The molecule has 0 aromatic heterocycles. The molecule has 0 saturated carbocycles. The van der Waals surface area contributed by atoms with E-state index >= 15 is 0 Å². The van der Waals surface area contributed by atoms with Crippen molar-refractivity contribution in [1.82, 2.24) is 5.32 Å². The van der Waals surface area contributed by atoms with Crippen LogP contribution in [0.5, 0.6) is 0 Å². The van der Waals surface area contributed by atoms with E-state index in [0.717, 1.165) is 9.99 Å². The maximum Gasteiger partial charge on any atom is 0.337 e. The number of hydrogen-bond acceptors (Lipinski definition) is 3. The summed E-state index contributed by atoms with van der Waals surface area (Å²) in [6, 6.07) is 4.39. The Morgan fingerprint density at radius 1 is 1.42 bits per heavy atom. The Labute approximate surface area is 123 Å². The van der Waals surface area contributed by atoms with Crippen molar-refractivity contribution in [3.05, 3.63) is 27.3 Å². The second-order valence-electron chi connectivity index (χ2n) is 4.15. The minimum atomic E-state index is -1.07. The van der Waals surface area contributed by atoms with Gasteiger partial charge < -0.3 is 20.5 Å². The maximum atomic E-state index is 11.8. The number of anilines is 1. The molecule has 19 heavy (non-hydrogen) atoms. The Bertz CT molecular complexity index is 501. The first-order chi connectivity index (χ1) is 9.06. The molecule has 0 aliphatic carbocycles. The van der Waals surface area contributed by atoms with Gasteiger partial charge in [-0.2, -0.15) is 0 Å². The van der Waals surface area contributed by atoms with Crippen LogP contribution in [0, 0.1) is 3.57 Å². The van der Waals surface area contributed by atoms with Crippen LogP contribution >= 0.6 is 22.6 Å². The van der Waals surface area contributed by atoms with Gasteiger partial charge in [0.15, 0.2) is 0 Å². The number of nitrogens with one attached hydrogen (secondary N) is 2. The lowest BCUT2D eigenvalue weighted by molar-refractivity contribution is 0.0698. The molecule has 1 heterocycles. The SMILES string of the molecule is O=C(Nc1ccc(I)cc1C(=O)O)NC1CCOC1. The van der Waals surface area contributed by atoms with E-state index in [0.29, 0.717) is 13.2 Å². The van der Waals surface area contributed by atoms with Crippen LogP contribution in [-0.2, 0) is 4.74 Å². The number of aromatic carboxylic acids is 1. The van der Waals surface area contributed by atoms with Gasteiger partial charge in [0.2, 0.25) is 0 Å². The van der Waals surface area contributed by atoms with Crippen molar-refractivity contribution in [3.8, 4) is 0 Å². The summed E-state index contributed by atoms with van der Waals surface area (Å²) in [5.41, 5.74) is 0.356. The van der Waals surface area contributed by atoms with Gasteiger partial charge in [-0.3, -0.25) is 0 Å². The molecule has 7 heteroatoms. The highest BCUT2D eigenvalue weighted by Gasteiger charge is 2.19. The number of carboxylic acids is 1. The predicted molar refractivity (Wildman–Crippen MR) is 77.5 cm³/mol. The van der Waals surface area contributed by atoms with Gasteiger partial charge in [0.1, 0.15) is 0 Å². The first-order valence-corrected chi connectivity index (χ1v) is 6.82. The standard InChI is InChI=1S/C12H13IN2O4/c13-7-1-2-10(9(5-7)11(16)17)15-12(18)14-8-3-4-19-6-8/h1-2,5,8H,3-4,6H2,(H,16,17)(H2,14,15,18). The van der Waals surface area contributed by atoms with E-state index in [-0.39, 0.29) is 17.3 Å². The van der Waals surface area contributed by atoms with Gasteiger partial charge in [0, 0.05) is 10.2 Å². The normalized spacial score (nSPS) is 18.1. The Morgan fingerprint density at radius 3 is 2.84 bits per heavy atom. The lowest BCUT2D eigenvalue weighted by atomic mass is 10.2. The highest BCUT2D eigenvalue weighted by atomic mass is 127. The number of carbonyl (C=O) groups excluding carboxylic acids is 1. The second-order valence-corrected chi connectivity index (χ2v) is 5.40. The molecule has 1 aromatic carbocycles. The summed E-state index contributed by atoms with van der Waals surface area (Å²) in [6.45, 7) is 1.13. The number of rotatable bonds is 3. The number of benzene rings is 1. The largest absolute Gasteiger partial charge is 0.478 e. The van der Waals surface area contributed by atoms with Crippen molar-refractivity contribution in [1.29, 1.82) is 0 Å². The van der Waals surface area contributed by atoms with Gasteiger partial charge in [0.05, 0.1) is 23.9 Å². The Kier molecular flexibility index (Phi) is 4.59. The topological polar surface area (TPSA) is 87.7 Å². The van der Waals surface area contributed by atoms with E-state index in [9.17, 15) is 9.59 Å². The Morgan fingerprint density at radius 2 is 2.21 bits per heavy atom. The molecule has 1 aliphatic heterocycles. The number of carbonyl (C=O) groups is 2. The van der Waals surface area contributed by atoms with Gasteiger partial charge >= 0.3 is 12.0 Å². The molecule has 0 radical (unpaired) electrons. The third-order valence-corrected chi connectivity index (χ3v) is 3.40. The Balaban J connectivity index is 2.05. The van der Waals surface area contributed by atoms with Crippen molar-refractivity contribution in [2.75, 3.05) is 18.5 Å². The fraction of sp³-hybridized carbons (Fsp3) is 0.333. The molecule has 102 valence electrons. The maximum absolute atomic E-state index is 11.8. The quantitative estimate of drug-likeness (QED) is 0.704. The summed E-state index contributed by atoms with van der Waals surface area (Å²) < 4.78 is 5.94. The molecule has 2 amide bonds. The molecule has 1 fully saturated rings. The number of halogens is 1. The zero-order chi connectivity index (χ0) is 13.8. The highest BCUT2D eigenvalue weighted by Crippen LogP contribution is 2.19. The van der Waals surface area contributed by atoms with Crippen LogP contribution in [0.2, 0.25) is 0 Å². The summed E-state index contributed by atoms with van der Waals surface area (Å²) in [7, 11) is 0. The molecule has 1 aromatic rings. The molecule has 1 unspecified atom stereocenters. The van der Waals surface area contributed by atoms with Crippen LogP contribution in [0.1, 0.15) is 16.8 Å². The minimum Gasteiger partial charge on any atom is -0.478 e. The number of urea groups is 1. The van der Waals surface area contributed by atoms with Gasteiger partial charge in [-0.1, -0.05) is 0 Å². The van der Waals surface area contributed by atoms with Crippen molar-refractivity contribution >= 4 is 40.3 Å². The van der Waals surface area contributed by atoms with Crippen LogP contribution in [0.15, 0.2) is 18.2 Å². The zero-order valence-electron chi connectivity index (χ0n) is 9.98. The molecule has 1 saturated heterocycles. The lowest BCUT2D eigenvalue weighted by Crippen LogP contribution is -2.38. The molecule has 3 N–H and O–H groups in total. The summed E-state index contributed by atoms with van der Waals surface area (Å²) in [5, 5.41) is 14.4. The van der Waals surface area contributed by atoms with E-state index in [1.54, 1.807) is 12.1 Å². The monoisotopic (exact) mass is 376 g/mol. The first-order valence-electron chi connectivity index (χ1n) is 5.74. The second kappa shape index (κ2) is 6.20. The summed E-state index contributed by atoms with van der Waals surface area (Å²) in [4.78, 5) is 22.9. The molecule has 0 spiro atoms. The average molecular weight is 376 g/mol. The van der Waals surface area contributed by atoms with Crippen LogP contribution < -0.4 is 10.6 Å².